The highest BCUT2D eigenvalue weighted by molar-refractivity contribution is 6.03. The number of aromatic hydroxyl groups is 1. The maximum Gasteiger partial charge on any atom is 0.275 e. The van der Waals surface area contributed by atoms with Crippen LogP contribution < -0.4 is 10.1 Å². The largest absolute Gasteiger partial charge is 0.504 e. The lowest BCUT2D eigenvalue weighted by Crippen LogP contribution is -2.32. The molecule has 8 heteroatoms. The van der Waals surface area contributed by atoms with E-state index in [4.69, 9.17) is 9.84 Å². The summed E-state index contributed by atoms with van der Waals surface area (Å²) in [4.78, 5) is 20.2. The molecule has 3 aromatic rings. The molecule has 1 aliphatic heterocycles. The summed E-state index contributed by atoms with van der Waals surface area (Å²) >= 11 is 0. The average Bonchev–Trinajstić information content (AvgIpc) is 2.85. The number of phenols is 1. The number of hydrogen-bond donors (Lipinski definition) is 2. The van der Waals surface area contributed by atoms with Gasteiger partial charge in [0.15, 0.2) is 11.5 Å². The zero-order valence-electron chi connectivity index (χ0n) is 18.7. The molecule has 2 N–H and O–H groups in total. The van der Waals surface area contributed by atoms with E-state index in [2.05, 4.69) is 27.2 Å². The van der Waals surface area contributed by atoms with Crippen molar-refractivity contribution >= 4 is 17.3 Å². The highest BCUT2D eigenvalue weighted by Crippen LogP contribution is 2.30. The van der Waals surface area contributed by atoms with Crippen LogP contribution in [0.5, 0.6) is 11.5 Å². The lowest BCUT2D eigenvalue weighted by molar-refractivity contribution is 0.102. The number of phenolic OH excluding ortho intramolecular Hbond substituents is 1. The number of benzene rings is 2. The third kappa shape index (κ3) is 5.28. The number of ether oxygens (including phenoxy) is 1. The first-order valence-electron chi connectivity index (χ1n) is 10.9. The Hall–Kier alpha value is -3.94. The first kappa shape index (κ1) is 22.3. The van der Waals surface area contributed by atoms with Gasteiger partial charge in [0, 0.05) is 36.1 Å². The monoisotopic (exact) mass is 445 g/mol. The second-order valence-electron chi connectivity index (χ2n) is 7.90. The Kier molecular flexibility index (Phi) is 6.83. The van der Waals surface area contributed by atoms with Crippen LogP contribution in [0.15, 0.2) is 66.2 Å². The van der Waals surface area contributed by atoms with Gasteiger partial charge in [-0.2, -0.15) is 5.10 Å². The Morgan fingerprint density at radius 1 is 1.21 bits per heavy atom. The molecule has 170 valence electrons. The third-order valence-electron chi connectivity index (χ3n) is 5.71. The Morgan fingerprint density at radius 3 is 2.70 bits per heavy atom. The van der Waals surface area contributed by atoms with Gasteiger partial charge < -0.3 is 15.2 Å². The molecule has 2 heterocycles. The average molecular weight is 446 g/mol. The number of hydrazone groups is 1. The van der Waals surface area contributed by atoms with Gasteiger partial charge >= 0.3 is 0 Å². The number of nitrogens with zero attached hydrogens (tertiary/aromatic N) is 4. The van der Waals surface area contributed by atoms with Crippen molar-refractivity contribution in [2.75, 3.05) is 19.0 Å². The second-order valence-corrected chi connectivity index (χ2v) is 7.90. The normalized spacial score (nSPS) is 15.6. The van der Waals surface area contributed by atoms with E-state index < -0.39 is 0 Å². The summed E-state index contributed by atoms with van der Waals surface area (Å²) < 4.78 is 5.17. The van der Waals surface area contributed by atoms with Gasteiger partial charge in [-0.15, -0.1) is 0 Å². The molecule has 0 fully saturated rings. The summed E-state index contributed by atoms with van der Waals surface area (Å²) in [6, 6.07) is 13.1. The van der Waals surface area contributed by atoms with Crippen molar-refractivity contribution in [3.05, 3.63) is 77.9 Å². The molecule has 1 unspecified atom stereocenters. The Balaban J connectivity index is 1.46. The number of nitrogens with one attached hydrogen (secondary N) is 1. The molecule has 33 heavy (non-hydrogen) atoms. The lowest BCUT2D eigenvalue weighted by Gasteiger charge is -2.31. The molecule has 1 atom stereocenters. The zero-order valence-corrected chi connectivity index (χ0v) is 18.7. The molecule has 0 radical (unpaired) electrons. The molecule has 8 nitrogen and oxygen atoms in total. The fraction of sp³-hybridized carbons (Fsp3) is 0.280. The minimum Gasteiger partial charge on any atom is -0.504 e. The van der Waals surface area contributed by atoms with Crippen LogP contribution in [0.25, 0.3) is 0 Å². The van der Waals surface area contributed by atoms with E-state index in [-0.39, 0.29) is 17.4 Å². The number of carbonyl (C=O) groups excluding carboxylic acids is 1. The summed E-state index contributed by atoms with van der Waals surface area (Å²) in [6.07, 6.45) is 6.43. The van der Waals surface area contributed by atoms with Crippen LogP contribution >= 0.6 is 0 Å². The summed E-state index contributed by atoms with van der Waals surface area (Å²) in [5.74, 6) is 0.609. The van der Waals surface area contributed by atoms with Crippen LogP contribution in [0, 0.1) is 5.92 Å². The van der Waals surface area contributed by atoms with Crippen LogP contribution in [0.3, 0.4) is 0 Å². The molecular weight excluding hydrogens is 418 g/mol. The Bertz CT molecular complexity index is 1130. The Morgan fingerprint density at radius 2 is 2.03 bits per heavy atom. The molecule has 0 saturated heterocycles. The van der Waals surface area contributed by atoms with Crippen molar-refractivity contribution in [3.8, 4) is 11.5 Å². The smallest absolute Gasteiger partial charge is 0.275 e. The number of hydrogen-bond acceptors (Lipinski definition) is 7. The Labute approximate surface area is 193 Å². The van der Waals surface area contributed by atoms with Gasteiger partial charge in [0.2, 0.25) is 0 Å². The molecule has 1 aliphatic rings. The highest BCUT2D eigenvalue weighted by Gasteiger charge is 2.24. The van der Waals surface area contributed by atoms with Crippen molar-refractivity contribution in [1.29, 1.82) is 0 Å². The molecule has 1 aromatic heterocycles. The van der Waals surface area contributed by atoms with Crippen LogP contribution in [0.4, 0.5) is 5.69 Å². The van der Waals surface area contributed by atoms with Crippen LogP contribution in [-0.4, -0.2) is 45.4 Å². The number of methoxy groups -OCH3 is 1. The second kappa shape index (κ2) is 10.1. The number of carbonyl (C=O) groups is 1. The van der Waals surface area contributed by atoms with Crippen molar-refractivity contribution < 1.29 is 14.6 Å². The minimum atomic E-state index is -0.297. The topological polar surface area (TPSA) is 99.9 Å². The van der Waals surface area contributed by atoms with Crippen LogP contribution in [-0.2, 0) is 6.54 Å². The van der Waals surface area contributed by atoms with E-state index in [0.717, 1.165) is 36.2 Å². The van der Waals surface area contributed by atoms with Crippen molar-refractivity contribution in [1.82, 2.24) is 15.0 Å². The van der Waals surface area contributed by atoms with Crippen LogP contribution in [0.2, 0.25) is 0 Å². The standard InChI is InChI=1S/C25H27N5O3/c1-3-18-10-13-30(29-24(18)19-6-9-23(33-2)22(31)14-19)16-17-4-7-20(8-5-17)28-25(32)21-15-26-11-12-27-21/h4-9,11-12,14-15,18,31H,3,10,13,16H2,1-2H3,(H,28,32). The quantitative estimate of drug-likeness (QED) is 0.568. The van der Waals surface area contributed by atoms with Gasteiger partial charge in [0.25, 0.3) is 5.91 Å². The third-order valence-corrected chi connectivity index (χ3v) is 5.71. The maximum atomic E-state index is 12.2. The molecule has 4 rings (SSSR count). The molecular formula is C25H27N5O3. The maximum absolute atomic E-state index is 12.2. The van der Waals surface area contributed by atoms with E-state index in [1.54, 1.807) is 12.1 Å². The van der Waals surface area contributed by atoms with E-state index in [0.29, 0.717) is 23.9 Å². The van der Waals surface area contributed by atoms with E-state index >= 15 is 0 Å². The fourth-order valence-electron chi connectivity index (χ4n) is 3.90. The van der Waals surface area contributed by atoms with Crippen molar-refractivity contribution in [2.24, 2.45) is 11.0 Å². The first-order valence-corrected chi connectivity index (χ1v) is 10.9. The number of anilines is 1. The van der Waals surface area contributed by atoms with Gasteiger partial charge in [0.05, 0.1) is 25.6 Å². The summed E-state index contributed by atoms with van der Waals surface area (Å²) in [5, 5.41) is 20.0. The first-order chi connectivity index (χ1) is 16.1. The molecule has 0 spiro atoms. The summed E-state index contributed by atoms with van der Waals surface area (Å²) in [5.41, 5.74) is 3.94. The van der Waals surface area contributed by atoms with Crippen molar-refractivity contribution in [2.45, 2.75) is 26.3 Å². The zero-order chi connectivity index (χ0) is 23.2. The molecule has 0 saturated carbocycles. The van der Waals surface area contributed by atoms with Gasteiger partial charge in [0.1, 0.15) is 5.69 Å². The molecule has 0 aliphatic carbocycles. The van der Waals surface area contributed by atoms with Gasteiger partial charge in [-0.05, 0) is 48.7 Å². The summed E-state index contributed by atoms with van der Waals surface area (Å²) in [7, 11) is 1.54. The molecule has 2 aromatic carbocycles. The highest BCUT2D eigenvalue weighted by atomic mass is 16.5. The van der Waals surface area contributed by atoms with Crippen molar-refractivity contribution in [3.63, 3.8) is 0 Å². The van der Waals surface area contributed by atoms with Gasteiger partial charge in [-0.1, -0.05) is 19.1 Å². The number of rotatable bonds is 7. The van der Waals surface area contributed by atoms with E-state index in [9.17, 15) is 9.90 Å². The molecule has 1 amide bonds. The van der Waals surface area contributed by atoms with Crippen LogP contribution in [0.1, 0.15) is 41.4 Å². The number of aromatic nitrogens is 2. The lowest BCUT2D eigenvalue weighted by atomic mass is 9.90. The van der Waals surface area contributed by atoms with E-state index in [1.807, 2.05) is 30.3 Å². The SMILES string of the molecule is CCC1CCN(Cc2ccc(NC(=O)c3cnccn3)cc2)N=C1c1ccc(OC)c(O)c1. The fourth-order valence-corrected chi connectivity index (χ4v) is 3.90. The number of amides is 1. The minimum absolute atomic E-state index is 0.115. The van der Waals surface area contributed by atoms with Gasteiger partial charge in [-0.25, -0.2) is 4.98 Å². The van der Waals surface area contributed by atoms with Gasteiger partial charge in [-0.3, -0.25) is 14.8 Å². The summed E-state index contributed by atoms with van der Waals surface area (Å²) in [6.45, 7) is 3.67. The van der Waals surface area contributed by atoms with E-state index in [1.165, 1.54) is 25.7 Å². The predicted octanol–water partition coefficient (Wildman–Crippen LogP) is 4.08. The predicted molar refractivity (Wildman–Crippen MR) is 126 cm³/mol. The molecule has 0 bridgehead atoms.